The van der Waals surface area contributed by atoms with E-state index >= 15 is 0 Å². The van der Waals surface area contributed by atoms with Crippen LogP contribution in [-0.2, 0) is 9.53 Å². The quantitative estimate of drug-likeness (QED) is 0.850. The van der Waals surface area contributed by atoms with Crippen LogP contribution in [0.5, 0.6) is 0 Å². The first kappa shape index (κ1) is 18.5. The zero-order chi connectivity index (χ0) is 15.5. The smallest absolute Gasteiger partial charge is 0.245 e. The zero-order valence-electron chi connectivity index (χ0n) is 12.4. The number of nitrogens with zero attached hydrogens (tertiary/aromatic N) is 1. The summed E-state index contributed by atoms with van der Waals surface area (Å²) in [7, 11) is 0. The van der Waals surface area contributed by atoms with Gasteiger partial charge in [-0.15, -0.1) is 12.4 Å². The lowest BCUT2D eigenvalue weighted by atomic mass is 9.90. The molecule has 0 radical (unpaired) electrons. The van der Waals surface area contributed by atoms with E-state index in [1.807, 2.05) is 12.1 Å². The number of rotatable bonds is 3. The Morgan fingerprint density at radius 3 is 2.83 bits per heavy atom. The third kappa shape index (κ3) is 4.58. The third-order valence-corrected chi connectivity index (χ3v) is 4.62. The Morgan fingerprint density at radius 1 is 1.30 bits per heavy atom. The molecule has 0 bridgehead atoms. The highest BCUT2D eigenvalue weighted by molar-refractivity contribution is 6.42. The van der Waals surface area contributed by atoms with Crippen LogP contribution in [0.15, 0.2) is 23.3 Å². The molecule has 2 N–H and O–H groups in total. The molecule has 0 spiro atoms. The van der Waals surface area contributed by atoms with Crippen molar-refractivity contribution in [3.05, 3.63) is 33.8 Å². The molecule has 2 aliphatic rings. The van der Waals surface area contributed by atoms with Crippen LogP contribution in [0.25, 0.3) is 0 Å². The lowest BCUT2D eigenvalue weighted by molar-refractivity contribution is -0.119. The number of ether oxygens (including phenoxy) is 1. The van der Waals surface area contributed by atoms with E-state index in [2.05, 4.69) is 15.8 Å². The average Bonchev–Trinajstić information content (AvgIpc) is 2.76. The SMILES string of the molecule is Cl.O=C1CC(C[C@@H]2CNCCO[C@H]2c2ccc(Cl)c(Cl)c2)=NN1. The summed E-state index contributed by atoms with van der Waals surface area (Å²) in [5, 5.41) is 8.50. The fourth-order valence-electron chi connectivity index (χ4n) is 2.85. The van der Waals surface area contributed by atoms with E-state index in [1.165, 1.54) is 0 Å². The highest BCUT2D eigenvalue weighted by Crippen LogP contribution is 2.34. The Balaban J connectivity index is 0.00000192. The van der Waals surface area contributed by atoms with E-state index < -0.39 is 0 Å². The second kappa shape index (κ2) is 8.31. The second-order valence-corrected chi connectivity index (χ2v) is 6.34. The van der Waals surface area contributed by atoms with Crippen LogP contribution in [0, 0.1) is 5.92 Å². The Bertz CT molecular complexity index is 610. The predicted molar refractivity (Wildman–Crippen MR) is 93.6 cm³/mol. The number of hydrazone groups is 1. The van der Waals surface area contributed by atoms with Gasteiger partial charge < -0.3 is 10.1 Å². The van der Waals surface area contributed by atoms with Crippen LogP contribution in [0.3, 0.4) is 0 Å². The van der Waals surface area contributed by atoms with Gasteiger partial charge >= 0.3 is 0 Å². The molecule has 1 aromatic carbocycles. The van der Waals surface area contributed by atoms with Gasteiger partial charge in [-0.3, -0.25) is 4.79 Å². The molecule has 0 unspecified atom stereocenters. The van der Waals surface area contributed by atoms with Crippen LogP contribution < -0.4 is 10.7 Å². The number of carbonyl (C=O) groups is 1. The van der Waals surface area contributed by atoms with Crippen LogP contribution in [0.2, 0.25) is 10.0 Å². The number of amides is 1. The number of hydrogen-bond acceptors (Lipinski definition) is 4. The summed E-state index contributed by atoms with van der Waals surface area (Å²) in [4.78, 5) is 11.3. The van der Waals surface area contributed by atoms with E-state index in [-0.39, 0.29) is 30.3 Å². The minimum absolute atomic E-state index is 0. The molecule has 1 amide bonds. The summed E-state index contributed by atoms with van der Waals surface area (Å²) >= 11 is 12.1. The van der Waals surface area contributed by atoms with Gasteiger partial charge in [-0.2, -0.15) is 5.10 Å². The van der Waals surface area contributed by atoms with Gasteiger partial charge in [-0.1, -0.05) is 29.3 Å². The van der Waals surface area contributed by atoms with Crippen molar-refractivity contribution in [1.29, 1.82) is 0 Å². The Morgan fingerprint density at radius 2 is 2.13 bits per heavy atom. The topological polar surface area (TPSA) is 62.7 Å². The fourth-order valence-corrected chi connectivity index (χ4v) is 3.16. The van der Waals surface area contributed by atoms with E-state index in [1.54, 1.807) is 6.07 Å². The molecule has 126 valence electrons. The molecule has 8 heteroatoms. The normalized spacial score (nSPS) is 24.4. The summed E-state index contributed by atoms with van der Waals surface area (Å²) < 4.78 is 6.01. The average molecular weight is 379 g/mol. The van der Waals surface area contributed by atoms with E-state index in [9.17, 15) is 4.79 Å². The van der Waals surface area contributed by atoms with Crippen molar-refractivity contribution >= 4 is 47.2 Å². The number of halogens is 3. The fraction of sp³-hybridized carbons (Fsp3) is 0.467. The first-order valence-corrected chi connectivity index (χ1v) is 8.00. The van der Waals surface area contributed by atoms with Crippen LogP contribution in [0.4, 0.5) is 0 Å². The molecule has 3 rings (SSSR count). The second-order valence-electron chi connectivity index (χ2n) is 5.52. The van der Waals surface area contributed by atoms with Gasteiger partial charge in [0, 0.05) is 24.7 Å². The molecule has 0 saturated carbocycles. The van der Waals surface area contributed by atoms with Gasteiger partial charge in [0.2, 0.25) is 5.91 Å². The number of carbonyl (C=O) groups excluding carboxylic acids is 1. The van der Waals surface area contributed by atoms with Gasteiger partial charge in [0.05, 0.1) is 29.2 Å². The molecule has 0 aliphatic carbocycles. The van der Waals surface area contributed by atoms with Crippen molar-refractivity contribution in [1.82, 2.24) is 10.7 Å². The van der Waals surface area contributed by atoms with Crippen LogP contribution in [0.1, 0.15) is 24.5 Å². The van der Waals surface area contributed by atoms with E-state index in [0.29, 0.717) is 29.5 Å². The number of benzene rings is 1. The number of nitrogens with one attached hydrogen (secondary N) is 2. The first-order valence-electron chi connectivity index (χ1n) is 7.25. The Kier molecular flexibility index (Phi) is 6.68. The van der Waals surface area contributed by atoms with Crippen LogP contribution in [-0.4, -0.2) is 31.3 Å². The molecule has 1 fully saturated rings. The molecule has 2 aliphatic heterocycles. The zero-order valence-corrected chi connectivity index (χ0v) is 14.7. The van der Waals surface area contributed by atoms with Crippen LogP contribution >= 0.6 is 35.6 Å². The van der Waals surface area contributed by atoms with Crippen molar-refractivity contribution in [2.45, 2.75) is 18.9 Å². The maximum Gasteiger partial charge on any atom is 0.245 e. The van der Waals surface area contributed by atoms with Gasteiger partial charge in [0.1, 0.15) is 0 Å². The van der Waals surface area contributed by atoms with Crippen molar-refractivity contribution < 1.29 is 9.53 Å². The Labute approximate surface area is 151 Å². The highest BCUT2D eigenvalue weighted by atomic mass is 35.5. The molecule has 2 heterocycles. The monoisotopic (exact) mass is 377 g/mol. The first-order chi connectivity index (χ1) is 10.6. The van der Waals surface area contributed by atoms with Gasteiger partial charge in [-0.05, 0) is 24.1 Å². The van der Waals surface area contributed by atoms with Gasteiger partial charge in [0.15, 0.2) is 0 Å². The Hall–Kier alpha value is -0.850. The van der Waals surface area contributed by atoms with E-state index in [4.69, 9.17) is 27.9 Å². The summed E-state index contributed by atoms with van der Waals surface area (Å²) in [6.07, 6.45) is 0.976. The van der Waals surface area contributed by atoms with E-state index in [0.717, 1.165) is 24.4 Å². The summed E-state index contributed by atoms with van der Waals surface area (Å²) in [5.74, 6) is 0.134. The van der Waals surface area contributed by atoms with Gasteiger partial charge in [0.25, 0.3) is 0 Å². The molecular formula is C15H18Cl3N3O2. The predicted octanol–water partition coefficient (Wildman–Crippen LogP) is 2.96. The number of hydrogen-bond donors (Lipinski definition) is 2. The highest BCUT2D eigenvalue weighted by Gasteiger charge is 2.29. The maximum absolute atomic E-state index is 11.3. The molecular weight excluding hydrogens is 361 g/mol. The third-order valence-electron chi connectivity index (χ3n) is 3.88. The van der Waals surface area contributed by atoms with Gasteiger partial charge in [-0.25, -0.2) is 5.43 Å². The summed E-state index contributed by atoms with van der Waals surface area (Å²) in [6.45, 7) is 2.24. The summed E-state index contributed by atoms with van der Waals surface area (Å²) in [6, 6.07) is 5.58. The summed E-state index contributed by atoms with van der Waals surface area (Å²) in [5.41, 5.74) is 4.36. The molecule has 2 atom stereocenters. The minimum Gasteiger partial charge on any atom is -0.372 e. The van der Waals surface area contributed by atoms with Crippen molar-refractivity contribution in [2.24, 2.45) is 11.0 Å². The molecule has 23 heavy (non-hydrogen) atoms. The minimum atomic E-state index is -0.0943. The molecule has 1 aromatic rings. The molecule has 0 aromatic heterocycles. The lowest BCUT2D eigenvalue weighted by Gasteiger charge is -2.25. The maximum atomic E-state index is 11.3. The van der Waals surface area contributed by atoms with Crippen molar-refractivity contribution in [3.8, 4) is 0 Å². The molecule has 5 nitrogen and oxygen atoms in total. The largest absolute Gasteiger partial charge is 0.372 e. The van der Waals surface area contributed by atoms with Crippen molar-refractivity contribution in [3.63, 3.8) is 0 Å². The standard InChI is InChI=1S/C15H17Cl2N3O2.ClH/c16-12-2-1-9(6-13(12)17)15-10(8-18-3-4-22-15)5-11-7-14(21)20-19-11;/h1-2,6,10,15,18H,3-5,7-8H2,(H,20,21);1H/t10-,15+;/m1./s1. The van der Waals surface area contributed by atoms with Crippen molar-refractivity contribution in [2.75, 3.05) is 19.7 Å². The molecule has 1 saturated heterocycles. The lowest BCUT2D eigenvalue weighted by Crippen LogP contribution is -2.26.